The van der Waals surface area contributed by atoms with Crippen LogP contribution in [0, 0.1) is 17.8 Å². The van der Waals surface area contributed by atoms with Crippen molar-refractivity contribution in [1.29, 1.82) is 0 Å². The van der Waals surface area contributed by atoms with Crippen LogP contribution in [0.15, 0.2) is 37.4 Å². The van der Waals surface area contributed by atoms with E-state index in [2.05, 4.69) is 25.0 Å². The van der Waals surface area contributed by atoms with Gasteiger partial charge in [0.2, 0.25) is 0 Å². The van der Waals surface area contributed by atoms with Crippen LogP contribution in [0.4, 0.5) is 8.78 Å². The van der Waals surface area contributed by atoms with Crippen LogP contribution in [0.5, 0.6) is 0 Å². The summed E-state index contributed by atoms with van der Waals surface area (Å²) in [6.07, 6.45) is -1.15. The van der Waals surface area contributed by atoms with Crippen molar-refractivity contribution in [3.05, 3.63) is 48.6 Å². The number of alkyl halides is 2. The summed E-state index contributed by atoms with van der Waals surface area (Å²) in [5, 5.41) is 20.4. The summed E-state index contributed by atoms with van der Waals surface area (Å²) in [6, 6.07) is 4.00. The Kier molecular flexibility index (Phi) is 8.09. The number of nitrogens with one attached hydrogen (secondary N) is 2. The van der Waals surface area contributed by atoms with Crippen molar-refractivity contribution in [2.45, 2.75) is 37.8 Å². The fraction of sp³-hybridized carbons (Fsp3) is 0.368. The predicted octanol–water partition coefficient (Wildman–Crippen LogP) is 1.87. The lowest BCUT2D eigenvalue weighted by Gasteiger charge is -2.30. The average Bonchev–Trinajstić information content (AvgIpc) is 3.50. The molecular formula is C19H22F2N2O4. The zero-order valence-corrected chi connectivity index (χ0v) is 14.8. The van der Waals surface area contributed by atoms with Crippen molar-refractivity contribution < 1.29 is 28.7 Å². The van der Waals surface area contributed by atoms with Crippen LogP contribution in [-0.4, -0.2) is 40.2 Å². The highest BCUT2D eigenvalue weighted by Crippen LogP contribution is 2.27. The Morgan fingerprint density at radius 1 is 1.26 bits per heavy atom. The van der Waals surface area contributed by atoms with Crippen molar-refractivity contribution in [2.24, 2.45) is 5.92 Å². The SMILES string of the molecule is C=C.C[C@@](O)(C(F)F)[C@@H](NC(=O)c1ccc(C#CC2CC2)cc1)C(=O)NO. The summed E-state index contributed by atoms with van der Waals surface area (Å²) >= 11 is 0. The molecule has 6 nitrogen and oxygen atoms in total. The third-order valence-electron chi connectivity index (χ3n) is 3.82. The second kappa shape index (κ2) is 9.80. The molecule has 0 heterocycles. The topological polar surface area (TPSA) is 98.7 Å². The smallest absolute Gasteiger partial charge is 0.269 e. The maximum atomic E-state index is 12.9. The van der Waals surface area contributed by atoms with Crippen LogP contribution in [0.25, 0.3) is 0 Å². The van der Waals surface area contributed by atoms with Crippen molar-refractivity contribution in [3.8, 4) is 11.8 Å². The molecule has 1 fully saturated rings. The van der Waals surface area contributed by atoms with Gasteiger partial charge in [0.05, 0.1) is 0 Å². The number of hydroxylamine groups is 1. The maximum Gasteiger partial charge on any atom is 0.269 e. The largest absolute Gasteiger partial charge is 0.381 e. The molecule has 1 aliphatic rings. The summed E-state index contributed by atoms with van der Waals surface area (Å²) in [7, 11) is 0. The van der Waals surface area contributed by atoms with Crippen molar-refractivity contribution in [3.63, 3.8) is 0 Å². The Balaban J connectivity index is 0.00000176. The molecule has 4 N–H and O–H groups in total. The Morgan fingerprint density at radius 3 is 2.26 bits per heavy atom. The lowest BCUT2D eigenvalue weighted by atomic mass is 9.95. The Labute approximate surface area is 156 Å². The zero-order chi connectivity index (χ0) is 20.6. The van der Waals surface area contributed by atoms with E-state index >= 15 is 0 Å². The predicted molar refractivity (Wildman–Crippen MR) is 95.1 cm³/mol. The van der Waals surface area contributed by atoms with E-state index < -0.39 is 29.9 Å². The first-order valence-electron chi connectivity index (χ1n) is 8.12. The molecule has 2 atom stereocenters. The summed E-state index contributed by atoms with van der Waals surface area (Å²) in [4.78, 5) is 23.7. The molecule has 0 aliphatic heterocycles. The molecule has 0 aromatic heterocycles. The van der Waals surface area contributed by atoms with Crippen LogP contribution >= 0.6 is 0 Å². The van der Waals surface area contributed by atoms with E-state index in [1.807, 2.05) is 5.32 Å². The van der Waals surface area contributed by atoms with Gasteiger partial charge < -0.3 is 10.4 Å². The summed E-state index contributed by atoms with van der Waals surface area (Å²) in [5.41, 5.74) is -0.906. The van der Waals surface area contributed by atoms with Gasteiger partial charge in [-0.15, -0.1) is 13.2 Å². The number of halogens is 2. The third-order valence-corrected chi connectivity index (χ3v) is 3.82. The van der Waals surface area contributed by atoms with E-state index in [1.165, 1.54) is 12.1 Å². The molecule has 0 saturated heterocycles. The third kappa shape index (κ3) is 6.16. The molecule has 1 aromatic rings. The molecule has 8 heteroatoms. The Bertz CT molecular complexity index is 719. The Morgan fingerprint density at radius 2 is 1.81 bits per heavy atom. The van der Waals surface area contributed by atoms with E-state index in [-0.39, 0.29) is 5.56 Å². The minimum Gasteiger partial charge on any atom is -0.381 e. The number of hydrogen-bond donors (Lipinski definition) is 4. The number of carbonyl (C=O) groups is 2. The Hall–Kier alpha value is -2.76. The highest BCUT2D eigenvalue weighted by molar-refractivity contribution is 5.97. The van der Waals surface area contributed by atoms with Crippen LogP contribution in [0.3, 0.4) is 0 Å². The van der Waals surface area contributed by atoms with Crippen LogP contribution in [0.1, 0.15) is 35.7 Å². The minimum absolute atomic E-state index is 0.0952. The molecule has 1 aromatic carbocycles. The number of hydrogen-bond acceptors (Lipinski definition) is 4. The van der Waals surface area contributed by atoms with Gasteiger partial charge in [-0.05, 0) is 44.0 Å². The standard InChI is InChI=1S/C17H18F2N2O4.C2H4/c1-17(24,16(18)19)13(15(23)21-25)20-14(22)12-8-6-11(7-9-12)5-4-10-2-3-10;1-2/h6-10,13,16,24-25H,2-3H2,1H3,(H,20,22)(H,21,23);1-2H2/t13-,17-;/m0./s1. The average molecular weight is 380 g/mol. The molecule has 27 heavy (non-hydrogen) atoms. The zero-order valence-electron chi connectivity index (χ0n) is 14.8. The molecule has 1 aliphatic carbocycles. The van der Waals surface area contributed by atoms with Crippen LogP contribution in [0.2, 0.25) is 0 Å². The van der Waals surface area contributed by atoms with Gasteiger partial charge in [-0.3, -0.25) is 14.8 Å². The van der Waals surface area contributed by atoms with E-state index in [9.17, 15) is 23.5 Å². The van der Waals surface area contributed by atoms with Gasteiger partial charge in [0.15, 0.2) is 5.60 Å². The molecule has 0 spiro atoms. The number of carbonyl (C=O) groups excluding carboxylic acids is 2. The first kappa shape index (κ1) is 22.3. The second-order valence-electron chi connectivity index (χ2n) is 6.03. The van der Waals surface area contributed by atoms with E-state index in [0.717, 1.165) is 18.3 Å². The first-order chi connectivity index (χ1) is 12.8. The van der Waals surface area contributed by atoms with E-state index in [0.29, 0.717) is 18.4 Å². The molecule has 0 bridgehead atoms. The summed E-state index contributed by atoms with van der Waals surface area (Å²) in [5.74, 6) is 4.24. The lowest BCUT2D eigenvalue weighted by molar-refractivity contribution is -0.149. The van der Waals surface area contributed by atoms with Gasteiger partial charge in [-0.2, -0.15) is 0 Å². The maximum absolute atomic E-state index is 12.9. The van der Waals surface area contributed by atoms with Crippen LogP contribution < -0.4 is 10.8 Å². The van der Waals surface area contributed by atoms with Gasteiger partial charge in [-0.25, -0.2) is 14.3 Å². The molecule has 0 unspecified atom stereocenters. The normalized spacial score (nSPS) is 15.9. The monoisotopic (exact) mass is 380 g/mol. The first-order valence-corrected chi connectivity index (χ1v) is 8.12. The van der Waals surface area contributed by atoms with E-state index in [4.69, 9.17) is 5.21 Å². The van der Waals surface area contributed by atoms with Crippen molar-refractivity contribution in [1.82, 2.24) is 10.8 Å². The highest BCUT2D eigenvalue weighted by Gasteiger charge is 2.46. The lowest BCUT2D eigenvalue weighted by Crippen LogP contribution is -2.61. The second-order valence-corrected chi connectivity index (χ2v) is 6.03. The quantitative estimate of drug-likeness (QED) is 0.271. The summed E-state index contributed by atoms with van der Waals surface area (Å²) < 4.78 is 25.9. The van der Waals surface area contributed by atoms with Crippen LogP contribution in [-0.2, 0) is 4.79 Å². The highest BCUT2D eigenvalue weighted by atomic mass is 19.3. The van der Waals surface area contributed by atoms with Gasteiger partial charge in [0.25, 0.3) is 18.2 Å². The number of rotatable bonds is 5. The molecule has 0 radical (unpaired) electrons. The van der Waals surface area contributed by atoms with Gasteiger partial charge >= 0.3 is 0 Å². The molecule has 146 valence electrons. The number of benzene rings is 1. The van der Waals surface area contributed by atoms with E-state index in [1.54, 1.807) is 12.1 Å². The van der Waals surface area contributed by atoms with Crippen molar-refractivity contribution in [2.75, 3.05) is 0 Å². The van der Waals surface area contributed by atoms with Gasteiger partial charge in [0.1, 0.15) is 6.04 Å². The minimum atomic E-state index is -3.32. The summed E-state index contributed by atoms with van der Waals surface area (Å²) in [6.45, 7) is 6.69. The van der Waals surface area contributed by atoms with Crippen molar-refractivity contribution >= 4 is 11.8 Å². The number of amides is 2. The number of aliphatic hydroxyl groups is 1. The van der Waals surface area contributed by atoms with Gasteiger partial charge in [-0.1, -0.05) is 11.8 Å². The molecule has 2 rings (SSSR count). The molecule has 2 amide bonds. The van der Waals surface area contributed by atoms with Gasteiger partial charge in [0, 0.05) is 17.0 Å². The molecule has 1 saturated carbocycles. The fourth-order valence-corrected chi connectivity index (χ4v) is 2.00. The molecular weight excluding hydrogens is 358 g/mol. The fourth-order valence-electron chi connectivity index (χ4n) is 2.00.